The number of carbonyl (C=O) groups is 1. The summed E-state index contributed by atoms with van der Waals surface area (Å²) >= 11 is 0. The molecule has 1 fully saturated rings. The SMILES string of the molecule is COCCCN1CC[C@H](CNC(=O)Cc2cc(C)no2)C1. The average molecular weight is 295 g/mol. The van der Waals surface area contributed by atoms with E-state index in [1.54, 1.807) is 13.2 Å². The lowest BCUT2D eigenvalue weighted by atomic mass is 10.1. The summed E-state index contributed by atoms with van der Waals surface area (Å²) in [5, 5.41) is 6.77. The van der Waals surface area contributed by atoms with Crippen LogP contribution in [0, 0.1) is 12.8 Å². The molecule has 0 aliphatic carbocycles. The normalized spacial score (nSPS) is 19.0. The van der Waals surface area contributed by atoms with Gasteiger partial charge in [0, 0.05) is 39.4 Å². The fourth-order valence-corrected chi connectivity index (χ4v) is 2.69. The minimum Gasteiger partial charge on any atom is -0.385 e. The highest BCUT2D eigenvalue weighted by Crippen LogP contribution is 2.15. The second-order valence-corrected chi connectivity index (χ2v) is 5.72. The predicted octanol–water partition coefficient (Wildman–Crippen LogP) is 1.00. The smallest absolute Gasteiger partial charge is 0.227 e. The molecule has 1 amide bonds. The number of nitrogens with one attached hydrogen (secondary N) is 1. The molecule has 2 heterocycles. The third-order valence-corrected chi connectivity index (χ3v) is 3.79. The number of ether oxygens (including phenoxy) is 1. The fourth-order valence-electron chi connectivity index (χ4n) is 2.69. The number of hydrogen-bond acceptors (Lipinski definition) is 5. The number of nitrogens with zero attached hydrogens (tertiary/aromatic N) is 2. The molecule has 6 heteroatoms. The summed E-state index contributed by atoms with van der Waals surface area (Å²) < 4.78 is 10.1. The van der Waals surface area contributed by atoms with E-state index in [1.165, 1.54) is 0 Å². The Hall–Kier alpha value is -1.40. The molecule has 118 valence electrons. The second kappa shape index (κ2) is 8.14. The predicted molar refractivity (Wildman–Crippen MR) is 79.0 cm³/mol. The van der Waals surface area contributed by atoms with Gasteiger partial charge in [-0.2, -0.15) is 0 Å². The molecule has 1 N–H and O–H groups in total. The van der Waals surface area contributed by atoms with Gasteiger partial charge in [0.05, 0.1) is 12.1 Å². The first kappa shape index (κ1) is 16.0. The Kier molecular flexibility index (Phi) is 6.20. The summed E-state index contributed by atoms with van der Waals surface area (Å²) in [6, 6.07) is 1.80. The Morgan fingerprint density at radius 2 is 2.48 bits per heavy atom. The first-order valence-corrected chi connectivity index (χ1v) is 7.57. The molecule has 0 aromatic carbocycles. The lowest BCUT2D eigenvalue weighted by molar-refractivity contribution is -0.120. The third-order valence-electron chi connectivity index (χ3n) is 3.79. The maximum absolute atomic E-state index is 11.8. The van der Waals surface area contributed by atoms with Crippen LogP contribution in [-0.4, -0.2) is 55.9 Å². The number of amides is 1. The Morgan fingerprint density at radius 3 is 3.19 bits per heavy atom. The van der Waals surface area contributed by atoms with Crippen LogP contribution in [0.4, 0.5) is 0 Å². The fraction of sp³-hybridized carbons (Fsp3) is 0.733. The molecule has 0 spiro atoms. The quantitative estimate of drug-likeness (QED) is 0.725. The van der Waals surface area contributed by atoms with E-state index in [4.69, 9.17) is 9.26 Å². The molecule has 0 radical (unpaired) electrons. The van der Waals surface area contributed by atoms with E-state index >= 15 is 0 Å². The van der Waals surface area contributed by atoms with Gasteiger partial charge in [-0.1, -0.05) is 5.16 Å². The number of hydrogen-bond donors (Lipinski definition) is 1. The van der Waals surface area contributed by atoms with Crippen molar-refractivity contribution in [3.05, 3.63) is 17.5 Å². The van der Waals surface area contributed by atoms with Crippen LogP contribution >= 0.6 is 0 Å². The summed E-state index contributed by atoms with van der Waals surface area (Å²) in [6.07, 6.45) is 2.49. The molecule has 1 aromatic rings. The van der Waals surface area contributed by atoms with Crippen molar-refractivity contribution in [3.63, 3.8) is 0 Å². The van der Waals surface area contributed by atoms with Crippen LogP contribution in [0.1, 0.15) is 24.3 Å². The minimum absolute atomic E-state index is 0.00369. The first-order chi connectivity index (χ1) is 10.2. The number of methoxy groups -OCH3 is 1. The molecule has 0 saturated carbocycles. The number of carbonyl (C=O) groups excluding carboxylic acids is 1. The van der Waals surface area contributed by atoms with Crippen molar-refractivity contribution in [3.8, 4) is 0 Å². The van der Waals surface area contributed by atoms with E-state index in [9.17, 15) is 4.79 Å². The molecule has 1 atom stereocenters. The van der Waals surface area contributed by atoms with Gasteiger partial charge in [0.2, 0.25) is 5.91 Å². The number of aromatic nitrogens is 1. The van der Waals surface area contributed by atoms with Crippen molar-refractivity contribution in [1.29, 1.82) is 0 Å². The highest BCUT2D eigenvalue weighted by molar-refractivity contribution is 5.77. The van der Waals surface area contributed by atoms with Crippen LogP contribution in [-0.2, 0) is 16.0 Å². The monoisotopic (exact) mass is 295 g/mol. The van der Waals surface area contributed by atoms with Crippen LogP contribution in [0.15, 0.2) is 10.6 Å². The molecule has 1 aliphatic heterocycles. The van der Waals surface area contributed by atoms with Crippen LogP contribution < -0.4 is 5.32 Å². The number of rotatable bonds is 8. The van der Waals surface area contributed by atoms with Crippen LogP contribution in [0.25, 0.3) is 0 Å². The van der Waals surface area contributed by atoms with Crippen molar-refractivity contribution in [2.24, 2.45) is 5.92 Å². The van der Waals surface area contributed by atoms with Gasteiger partial charge in [0.25, 0.3) is 0 Å². The summed E-state index contributed by atoms with van der Waals surface area (Å²) in [6.45, 7) is 6.66. The molecular formula is C15H25N3O3. The maximum atomic E-state index is 11.8. The first-order valence-electron chi connectivity index (χ1n) is 7.57. The zero-order valence-corrected chi connectivity index (χ0v) is 12.9. The van der Waals surface area contributed by atoms with Gasteiger partial charge in [-0.25, -0.2) is 0 Å². The lowest BCUT2D eigenvalue weighted by Crippen LogP contribution is -2.32. The Bertz CT molecular complexity index is 447. The zero-order valence-electron chi connectivity index (χ0n) is 12.9. The highest BCUT2D eigenvalue weighted by Gasteiger charge is 2.22. The van der Waals surface area contributed by atoms with Crippen LogP contribution in [0.5, 0.6) is 0 Å². The van der Waals surface area contributed by atoms with E-state index in [0.717, 1.165) is 51.3 Å². The largest absolute Gasteiger partial charge is 0.385 e. The van der Waals surface area contributed by atoms with E-state index in [1.807, 2.05) is 6.92 Å². The summed E-state index contributed by atoms with van der Waals surface area (Å²) in [4.78, 5) is 14.3. The summed E-state index contributed by atoms with van der Waals surface area (Å²) in [5.41, 5.74) is 0.806. The van der Waals surface area contributed by atoms with Gasteiger partial charge < -0.3 is 19.5 Å². The van der Waals surface area contributed by atoms with Crippen molar-refractivity contribution >= 4 is 5.91 Å². The van der Waals surface area contributed by atoms with Gasteiger partial charge in [0.1, 0.15) is 5.76 Å². The molecule has 0 unspecified atom stereocenters. The average Bonchev–Trinajstić information content (AvgIpc) is 3.06. The molecule has 1 saturated heterocycles. The number of likely N-dealkylation sites (tertiary alicyclic amines) is 1. The lowest BCUT2D eigenvalue weighted by Gasteiger charge is -2.15. The minimum atomic E-state index is 0.00369. The Labute approximate surface area is 125 Å². The summed E-state index contributed by atoms with van der Waals surface area (Å²) in [5.74, 6) is 1.18. The van der Waals surface area contributed by atoms with Crippen molar-refractivity contribution in [2.75, 3.05) is 39.9 Å². The van der Waals surface area contributed by atoms with E-state index in [2.05, 4.69) is 15.4 Å². The van der Waals surface area contributed by atoms with E-state index in [-0.39, 0.29) is 12.3 Å². The topological polar surface area (TPSA) is 67.6 Å². The zero-order chi connectivity index (χ0) is 15.1. The second-order valence-electron chi connectivity index (χ2n) is 5.72. The molecule has 6 nitrogen and oxygen atoms in total. The van der Waals surface area contributed by atoms with Crippen molar-refractivity contribution in [1.82, 2.24) is 15.4 Å². The van der Waals surface area contributed by atoms with Crippen LogP contribution in [0.2, 0.25) is 0 Å². The molecule has 21 heavy (non-hydrogen) atoms. The highest BCUT2D eigenvalue weighted by atomic mass is 16.5. The summed E-state index contributed by atoms with van der Waals surface area (Å²) in [7, 11) is 1.73. The van der Waals surface area contributed by atoms with Gasteiger partial charge in [-0.05, 0) is 32.2 Å². The van der Waals surface area contributed by atoms with Gasteiger partial charge in [0.15, 0.2) is 0 Å². The van der Waals surface area contributed by atoms with Gasteiger partial charge in [-0.15, -0.1) is 0 Å². The molecule has 0 bridgehead atoms. The van der Waals surface area contributed by atoms with Gasteiger partial charge >= 0.3 is 0 Å². The standard InChI is InChI=1S/C15H25N3O3/c1-12-8-14(21-17-12)9-15(19)16-10-13-4-6-18(11-13)5-3-7-20-2/h8,13H,3-7,9-11H2,1-2H3,(H,16,19)/t13-/m1/s1. The Morgan fingerprint density at radius 1 is 1.62 bits per heavy atom. The number of aryl methyl sites for hydroxylation is 1. The van der Waals surface area contributed by atoms with Crippen molar-refractivity contribution < 1.29 is 14.1 Å². The van der Waals surface area contributed by atoms with Gasteiger partial charge in [-0.3, -0.25) is 4.79 Å². The molecule has 1 aromatic heterocycles. The Balaban J connectivity index is 1.61. The van der Waals surface area contributed by atoms with E-state index < -0.39 is 0 Å². The van der Waals surface area contributed by atoms with E-state index in [0.29, 0.717) is 11.7 Å². The van der Waals surface area contributed by atoms with Crippen LogP contribution in [0.3, 0.4) is 0 Å². The molecular weight excluding hydrogens is 270 g/mol. The molecule has 2 rings (SSSR count). The van der Waals surface area contributed by atoms with Crippen molar-refractivity contribution in [2.45, 2.75) is 26.2 Å². The molecule has 1 aliphatic rings. The third kappa shape index (κ3) is 5.47. The maximum Gasteiger partial charge on any atom is 0.227 e.